The third-order valence-electron chi connectivity index (χ3n) is 14.8. The fraction of sp³-hybridized carbons (Fsp3) is 0.841. The Morgan fingerprint density at radius 1 is 0.267 bits per heavy atom. The molecule has 0 aliphatic heterocycles. The van der Waals surface area contributed by atoms with Crippen LogP contribution in [0.1, 0.15) is 355 Å². The Balaban J connectivity index is 4.34. The Bertz CT molecular complexity index is 1300. The highest BCUT2D eigenvalue weighted by Crippen LogP contribution is 2.17. The number of unbranched alkanes of at least 4 members (excludes halogenated alkanes) is 42. The van der Waals surface area contributed by atoms with Crippen molar-refractivity contribution in [3.05, 3.63) is 48.6 Å². The lowest BCUT2D eigenvalue weighted by Crippen LogP contribution is -2.30. The van der Waals surface area contributed by atoms with Crippen molar-refractivity contribution in [2.45, 2.75) is 361 Å². The molecule has 0 bridgehead atoms. The molecular formula is C69H126O6. The molecule has 0 aromatic rings. The molecule has 0 spiro atoms. The molecule has 6 heteroatoms. The van der Waals surface area contributed by atoms with Crippen molar-refractivity contribution in [2.24, 2.45) is 0 Å². The van der Waals surface area contributed by atoms with Gasteiger partial charge in [-0.05, 0) is 103 Å². The van der Waals surface area contributed by atoms with E-state index in [0.29, 0.717) is 19.3 Å². The average Bonchev–Trinajstić information content (AvgIpc) is 3.41. The molecule has 1 unspecified atom stereocenters. The summed E-state index contributed by atoms with van der Waals surface area (Å²) in [4.78, 5) is 38.4. The van der Waals surface area contributed by atoms with Crippen LogP contribution in [0.2, 0.25) is 0 Å². The van der Waals surface area contributed by atoms with E-state index < -0.39 is 6.10 Å². The summed E-state index contributed by atoms with van der Waals surface area (Å²) < 4.78 is 17.0. The van der Waals surface area contributed by atoms with E-state index in [0.717, 1.165) is 70.6 Å². The van der Waals surface area contributed by atoms with E-state index in [2.05, 4.69) is 69.4 Å². The predicted molar refractivity (Wildman–Crippen MR) is 325 cm³/mol. The Hall–Kier alpha value is -2.63. The van der Waals surface area contributed by atoms with Crippen molar-refractivity contribution in [1.29, 1.82) is 0 Å². The first-order chi connectivity index (χ1) is 37.0. The lowest BCUT2D eigenvalue weighted by atomic mass is 10.1. The summed E-state index contributed by atoms with van der Waals surface area (Å²) in [7, 11) is 0. The molecule has 0 aliphatic rings. The summed E-state index contributed by atoms with van der Waals surface area (Å²) >= 11 is 0. The van der Waals surface area contributed by atoms with Gasteiger partial charge in [-0.1, -0.05) is 281 Å². The van der Waals surface area contributed by atoms with Crippen molar-refractivity contribution in [1.82, 2.24) is 0 Å². The molecule has 0 fully saturated rings. The summed E-state index contributed by atoms with van der Waals surface area (Å²) in [5, 5.41) is 0. The van der Waals surface area contributed by atoms with Gasteiger partial charge in [0.25, 0.3) is 0 Å². The third kappa shape index (κ3) is 62.1. The molecule has 0 radical (unpaired) electrons. The highest BCUT2D eigenvalue weighted by Gasteiger charge is 2.19. The molecule has 0 aliphatic carbocycles. The maximum Gasteiger partial charge on any atom is 0.306 e. The van der Waals surface area contributed by atoms with E-state index in [9.17, 15) is 14.4 Å². The molecule has 6 nitrogen and oxygen atoms in total. The second-order valence-electron chi connectivity index (χ2n) is 22.4. The zero-order valence-corrected chi connectivity index (χ0v) is 50.3. The normalized spacial score (nSPS) is 12.3. The zero-order chi connectivity index (χ0) is 54.3. The molecular weight excluding hydrogens is 925 g/mol. The maximum absolute atomic E-state index is 12.9. The van der Waals surface area contributed by atoms with Gasteiger partial charge in [0, 0.05) is 19.3 Å². The lowest BCUT2D eigenvalue weighted by Gasteiger charge is -2.18. The zero-order valence-electron chi connectivity index (χ0n) is 50.3. The van der Waals surface area contributed by atoms with Crippen LogP contribution in [0.25, 0.3) is 0 Å². The molecule has 0 saturated heterocycles. The lowest BCUT2D eigenvalue weighted by molar-refractivity contribution is -0.167. The predicted octanol–water partition coefficient (Wildman–Crippen LogP) is 22.6. The molecule has 0 amide bonds. The number of hydrogen-bond donors (Lipinski definition) is 0. The first-order valence-electron chi connectivity index (χ1n) is 33.1. The van der Waals surface area contributed by atoms with Crippen molar-refractivity contribution < 1.29 is 28.6 Å². The summed E-state index contributed by atoms with van der Waals surface area (Å²) in [6, 6.07) is 0. The summed E-state index contributed by atoms with van der Waals surface area (Å²) in [6.07, 6.45) is 79.7. The standard InChI is InChI=1S/C69H126O6/c1-4-7-10-13-16-19-22-25-28-30-32-34-36-38-41-44-47-50-53-56-59-62-68(71)74-65-66(64-73-67(70)61-58-55-52-49-46-43-40-27-24-21-18-15-12-9-6-3)75-69(72)63-60-57-54-51-48-45-42-39-37-35-33-31-29-26-23-20-17-14-11-8-5-2/h22,25,27,30-33,40,66H,4-21,23-24,26,28-29,34-39,41-65H2,1-3H3/b25-22-,32-30-,33-31-,40-27-. The highest BCUT2D eigenvalue weighted by molar-refractivity contribution is 5.71. The molecule has 438 valence electrons. The fourth-order valence-electron chi connectivity index (χ4n) is 9.76. The van der Waals surface area contributed by atoms with Crippen molar-refractivity contribution in [3.63, 3.8) is 0 Å². The van der Waals surface area contributed by atoms with Crippen LogP contribution in [0.5, 0.6) is 0 Å². The SMILES string of the molecule is CCCCCCC/C=C\C/C=C\CCCCCCCCCCCC(=O)OCC(COC(=O)CCCCCCC/C=C\CCCCCCCC)OC(=O)CCCCCCCCCCC/C=C\CCCCCCCCCC. The number of esters is 3. The van der Waals surface area contributed by atoms with Gasteiger partial charge in [-0.2, -0.15) is 0 Å². The van der Waals surface area contributed by atoms with Crippen LogP contribution in [-0.4, -0.2) is 37.2 Å². The van der Waals surface area contributed by atoms with E-state index >= 15 is 0 Å². The summed E-state index contributed by atoms with van der Waals surface area (Å²) in [5.74, 6) is -0.870. The largest absolute Gasteiger partial charge is 0.462 e. The van der Waals surface area contributed by atoms with Crippen molar-refractivity contribution in [3.8, 4) is 0 Å². The first-order valence-corrected chi connectivity index (χ1v) is 33.1. The molecule has 0 heterocycles. The van der Waals surface area contributed by atoms with Crippen molar-refractivity contribution in [2.75, 3.05) is 13.2 Å². The number of rotatable bonds is 61. The van der Waals surface area contributed by atoms with Crippen LogP contribution in [0.4, 0.5) is 0 Å². The quantitative estimate of drug-likeness (QED) is 0.0261. The fourth-order valence-corrected chi connectivity index (χ4v) is 9.76. The van der Waals surface area contributed by atoms with Crippen LogP contribution in [0.15, 0.2) is 48.6 Å². The first kappa shape index (κ1) is 72.4. The van der Waals surface area contributed by atoms with Gasteiger partial charge in [0.15, 0.2) is 6.10 Å². The minimum absolute atomic E-state index is 0.0764. The Labute approximate surface area is 467 Å². The highest BCUT2D eigenvalue weighted by atomic mass is 16.6. The number of carbonyl (C=O) groups is 3. The van der Waals surface area contributed by atoms with Crippen LogP contribution < -0.4 is 0 Å². The minimum Gasteiger partial charge on any atom is -0.462 e. The molecule has 0 aromatic carbocycles. The van der Waals surface area contributed by atoms with Crippen LogP contribution in [0.3, 0.4) is 0 Å². The van der Waals surface area contributed by atoms with Gasteiger partial charge in [-0.25, -0.2) is 0 Å². The van der Waals surface area contributed by atoms with E-state index in [4.69, 9.17) is 14.2 Å². The number of ether oxygens (including phenoxy) is 3. The van der Waals surface area contributed by atoms with Gasteiger partial charge in [0.1, 0.15) is 13.2 Å². The molecule has 0 saturated carbocycles. The number of hydrogen-bond acceptors (Lipinski definition) is 6. The minimum atomic E-state index is -0.780. The Morgan fingerprint density at radius 2 is 0.480 bits per heavy atom. The van der Waals surface area contributed by atoms with E-state index in [-0.39, 0.29) is 31.1 Å². The van der Waals surface area contributed by atoms with E-state index in [1.807, 2.05) is 0 Å². The van der Waals surface area contributed by atoms with Gasteiger partial charge >= 0.3 is 17.9 Å². The molecule has 1 atom stereocenters. The molecule has 0 N–H and O–H groups in total. The number of allylic oxidation sites excluding steroid dienone is 8. The van der Waals surface area contributed by atoms with Gasteiger partial charge in [-0.3, -0.25) is 14.4 Å². The average molecular weight is 1050 g/mol. The van der Waals surface area contributed by atoms with Gasteiger partial charge in [0.05, 0.1) is 0 Å². The van der Waals surface area contributed by atoms with E-state index in [1.54, 1.807) is 0 Å². The Kier molecular flexibility index (Phi) is 61.7. The summed E-state index contributed by atoms with van der Waals surface area (Å²) in [6.45, 7) is 6.67. The molecule has 0 rings (SSSR count). The van der Waals surface area contributed by atoms with Gasteiger partial charge in [0.2, 0.25) is 0 Å². The second kappa shape index (κ2) is 63.9. The molecule has 75 heavy (non-hydrogen) atoms. The van der Waals surface area contributed by atoms with Crippen LogP contribution >= 0.6 is 0 Å². The Morgan fingerprint density at radius 3 is 0.747 bits per heavy atom. The van der Waals surface area contributed by atoms with Crippen LogP contribution in [0, 0.1) is 0 Å². The topological polar surface area (TPSA) is 78.9 Å². The van der Waals surface area contributed by atoms with Crippen molar-refractivity contribution >= 4 is 17.9 Å². The smallest absolute Gasteiger partial charge is 0.306 e. The third-order valence-corrected chi connectivity index (χ3v) is 14.8. The monoisotopic (exact) mass is 1050 g/mol. The molecule has 0 aromatic heterocycles. The van der Waals surface area contributed by atoms with Gasteiger partial charge < -0.3 is 14.2 Å². The maximum atomic E-state index is 12.9. The van der Waals surface area contributed by atoms with E-state index in [1.165, 1.54) is 244 Å². The van der Waals surface area contributed by atoms with Crippen LogP contribution in [-0.2, 0) is 28.6 Å². The number of carbonyl (C=O) groups excluding carboxylic acids is 3. The summed E-state index contributed by atoms with van der Waals surface area (Å²) in [5.41, 5.74) is 0. The van der Waals surface area contributed by atoms with Gasteiger partial charge in [-0.15, -0.1) is 0 Å². The second-order valence-corrected chi connectivity index (χ2v) is 22.4.